The van der Waals surface area contributed by atoms with Crippen molar-refractivity contribution < 1.29 is 0 Å². The molecule has 0 N–H and O–H groups in total. The lowest BCUT2D eigenvalue weighted by atomic mass is 9.92. The molecule has 0 radical (unpaired) electrons. The zero-order valence-electron chi connectivity index (χ0n) is 10.9. The van der Waals surface area contributed by atoms with E-state index in [0.29, 0.717) is 0 Å². The molecule has 0 heterocycles. The third kappa shape index (κ3) is 10.0. The van der Waals surface area contributed by atoms with Gasteiger partial charge in [-0.1, -0.05) is 71.3 Å². The standard InChI is InChI=1S/C15H30/c1-4-7-9-10-11-14-15(12-6-3)13-8-5-2/h5,15H,2,4,6-14H2,1,3H3. The second-order valence-corrected chi connectivity index (χ2v) is 4.72. The number of rotatable bonds is 11. The van der Waals surface area contributed by atoms with Crippen LogP contribution in [0.15, 0.2) is 12.7 Å². The van der Waals surface area contributed by atoms with Crippen LogP contribution in [0.4, 0.5) is 0 Å². The molecule has 0 aromatic heterocycles. The van der Waals surface area contributed by atoms with E-state index in [1.165, 1.54) is 64.2 Å². The summed E-state index contributed by atoms with van der Waals surface area (Å²) in [4.78, 5) is 0. The van der Waals surface area contributed by atoms with Gasteiger partial charge in [0.1, 0.15) is 0 Å². The Balaban J connectivity index is 3.42. The van der Waals surface area contributed by atoms with Gasteiger partial charge in [-0.3, -0.25) is 0 Å². The van der Waals surface area contributed by atoms with Crippen molar-refractivity contribution in [3.63, 3.8) is 0 Å². The lowest BCUT2D eigenvalue weighted by Crippen LogP contribution is -1.99. The van der Waals surface area contributed by atoms with Crippen LogP contribution >= 0.6 is 0 Å². The summed E-state index contributed by atoms with van der Waals surface area (Å²) in [5, 5.41) is 0. The third-order valence-corrected chi connectivity index (χ3v) is 3.19. The van der Waals surface area contributed by atoms with Crippen LogP contribution in [0.5, 0.6) is 0 Å². The molecule has 90 valence electrons. The lowest BCUT2D eigenvalue weighted by Gasteiger charge is -2.14. The van der Waals surface area contributed by atoms with Crippen LogP contribution in [0.25, 0.3) is 0 Å². The van der Waals surface area contributed by atoms with Crippen LogP contribution in [0.3, 0.4) is 0 Å². The maximum Gasteiger partial charge on any atom is -0.0351 e. The third-order valence-electron chi connectivity index (χ3n) is 3.19. The quantitative estimate of drug-likeness (QED) is 0.302. The van der Waals surface area contributed by atoms with Crippen molar-refractivity contribution >= 4 is 0 Å². The number of hydrogen-bond acceptors (Lipinski definition) is 0. The molecule has 0 fully saturated rings. The Morgan fingerprint density at radius 1 is 0.867 bits per heavy atom. The Morgan fingerprint density at radius 3 is 2.20 bits per heavy atom. The van der Waals surface area contributed by atoms with E-state index in [0.717, 1.165) is 5.92 Å². The van der Waals surface area contributed by atoms with E-state index in [4.69, 9.17) is 0 Å². The predicted octanol–water partition coefficient (Wildman–Crippen LogP) is 5.73. The zero-order valence-corrected chi connectivity index (χ0v) is 10.9. The van der Waals surface area contributed by atoms with Gasteiger partial charge in [-0.05, 0) is 18.8 Å². The molecule has 0 amide bonds. The fourth-order valence-corrected chi connectivity index (χ4v) is 2.23. The highest BCUT2D eigenvalue weighted by Crippen LogP contribution is 2.21. The van der Waals surface area contributed by atoms with E-state index in [1.807, 2.05) is 0 Å². The molecule has 1 atom stereocenters. The molecule has 0 saturated heterocycles. The van der Waals surface area contributed by atoms with Crippen LogP contribution in [-0.4, -0.2) is 0 Å². The summed E-state index contributed by atoms with van der Waals surface area (Å²) in [6.45, 7) is 8.40. The number of allylic oxidation sites excluding steroid dienone is 1. The molecule has 0 bridgehead atoms. The molecule has 0 aromatic carbocycles. The second kappa shape index (κ2) is 11.8. The molecule has 0 rings (SSSR count). The van der Waals surface area contributed by atoms with Crippen molar-refractivity contribution in [1.29, 1.82) is 0 Å². The van der Waals surface area contributed by atoms with E-state index in [9.17, 15) is 0 Å². The molecular formula is C15H30. The van der Waals surface area contributed by atoms with E-state index in [-0.39, 0.29) is 0 Å². The van der Waals surface area contributed by atoms with Crippen LogP contribution in [0.2, 0.25) is 0 Å². The molecule has 0 saturated carbocycles. The fraction of sp³-hybridized carbons (Fsp3) is 0.867. The highest BCUT2D eigenvalue weighted by Gasteiger charge is 2.05. The summed E-state index contributed by atoms with van der Waals surface area (Å²) in [5.41, 5.74) is 0. The van der Waals surface area contributed by atoms with Crippen molar-refractivity contribution in [3.05, 3.63) is 12.7 Å². The molecule has 0 aliphatic rings. The van der Waals surface area contributed by atoms with Crippen LogP contribution in [0, 0.1) is 5.92 Å². The average molecular weight is 210 g/mol. The number of unbranched alkanes of at least 4 members (excludes halogenated alkanes) is 4. The Bertz CT molecular complexity index is 126. The Morgan fingerprint density at radius 2 is 1.60 bits per heavy atom. The first-order chi connectivity index (χ1) is 7.35. The lowest BCUT2D eigenvalue weighted by molar-refractivity contribution is 0.397. The molecular weight excluding hydrogens is 180 g/mol. The van der Waals surface area contributed by atoms with Gasteiger partial charge in [0.2, 0.25) is 0 Å². The van der Waals surface area contributed by atoms with Crippen molar-refractivity contribution in [2.75, 3.05) is 0 Å². The molecule has 0 aliphatic carbocycles. The normalized spacial score (nSPS) is 12.7. The monoisotopic (exact) mass is 210 g/mol. The Kier molecular flexibility index (Phi) is 11.6. The molecule has 0 aromatic rings. The van der Waals surface area contributed by atoms with Gasteiger partial charge in [0, 0.05) is 0 Å². The van der Waals surface area contributed by atoms with E-state index >= 15 is 0 Å². The van der Waals surface area contributed by atoms with Crippen LogP contribution in [-0.2, 0) is 0 Å². The van der Waals surface area contributed by atoms with Gasteiger partial charge >= 0.3 is 0 Å². The van der Waals surface area contributed by atoms with Gasteiger partial charge in [-0.2, -0.15) is 0 Å². The minimum atomic E-state index is 0.967. The first-order valence-corrected chi connectivity index (χ1v) is 6.96. The summed E-state index contributed by atoms with van der Waals surface area (Å²) in [6.07, 6.45) is 16.0. The first-order valence-electron chi connectivity index (χ1n) is 6.96. The van der Waals surface area contributed by atoms with Gasteiger partial charge in [-0.15, -0.1) is 6.58 Å². The maximum atomic E-state index is 3.81. The highest BCUT2D eigenvalue weighted by molar-refractivity contribution is 4.70. The Hall–Kier alpha value is -0.260. The maximum absolute atomic E-state index is 3.81. The molecule has 0 heteroatoms. The van der Waals surface area contributed by atoms with Crippen LogP contribution in [0.1, 0.15) is 78.1 Å². The van der Waals surface area contributed by atoms with Crippen molar-refractivity contribution in [2.45, 2.75) is 78.1 Å². The minimum absolute atomic E-state index is 0.967. The molecule has 0 nitrogen and oxygen atoms in total. The second-order valence-electron chi connectivity index (χ2n) is 4.72. The summed E-state index contributed by atoms with van der Waals surface area (Å²) >= 11 is 0. The van der Waals surface area contributed by atoms with Crippen molar-refractivity contribution in [1.82, 2.24) is 0 Å². The minimum Gasteiger partial charge on any atom is -0.103 e. The Labute approximate surface area is 97.2 Å². The van der Waals surface area contributed by atoms with Crippen LogP contribution < -0.4 is 0 Å². The summed E-state index contributed by atoms with van der Waals surface area (Å²) in [7, 11) is 0. The van der Waals surface area contributed by atoms with E-state index in [1.54, 1.807) is 0 Å². The zero-order chi connectivity index (χ0) is 11.4. The van der Waals surface area contributed by atoms with Gasteiger partial charge in [0.05, 0.1) is 0 Å². The predicted molar refractivity (Wildman–Crippen MR) is 71.2 cm³/mol. The summed E-state index contributed by atoms with van der Waals surface area (Å²) < 4.78 is 0. The van der Waals surface area contributed by atoms with E-state index < -0.39 is 0 Å². The molecule has 0 aliphatic heterocycles. The highest BCUT2D eigenvalue weighted by atomic mass is 14.1. The molecule has 1 unspecified atom stereocenters. The average Bonchev–Trinajstić information content (AvgIpc) is 2.25. The summed E-state index contributed by atoms with van der Waals surface area (Å²) in [6, 6.07) is 0. The number of hydrogen-bond donors (Lipinski definition) is 0. The van der Waals surface area contributed by atoms with Crippen molar-refractivity contribution in [2.24, 2.45) is 5.92 Å². The first kappa shape index (κ1) is 14.7. The van der Waals surface area contributed by atoms with Gasteiger partial charge < -0.3 is 0 Å². The largest absolute Gasteiger partial charge is 0.103 e. The molecule has 0 spiro atoms. The topological polar surface area (TPSA) is 0 Å². The fourth-order valence-electron chi connectivity index (χ4n) is 2.23. The summed E-state index contributed by atoms with van der Waals surface area (Å²) in [5.74, 6) is 0.967. The SMILES string of the molecule is C=CCCC(CCC)CCCCCCC. The van der Waals surface area contributed by atoms with Gasteiger partial charge in [-0.25, -0.2) is 0 Å². The molecule has 15 heavy (non-hydrogen) atoms. The van der Waals surface area contributed by atoms with Gasteiger partial charge in [0.25, 0.3) is 0 Å². The smallest absolute Gasteiger partial charge is 0.0351 e. The van der Waals surface area contributed by atoms with Crippen molar-refractivity contribution in [3.8, 4) is 0 Å². The van der Waals surface area contributed by atoms with E-state index in [2.05, 4.69) is 26.5 Å². The van der Waals surface area contributed by atoms with Gasteiger partial charge in [0.15, 0.2) is 0 Å².